The summed E-state index contributed by atoms with van der Waals surface area (Å²) in [6.07, 6.45) is 4.58. The lowest BCUT2D eigenvalue weighted by molar-refractivity contribution is 0.0987. The first-order valence-corrected chi connectivity index (χ1v) is 9.82. The van der Waals surface area contributed by atoms with Gasteiger partial charge >= 0.3 is 0 Å². The van der Waals surface area contributed by atoms with Crippen molar-refractivity contribution in [3.63, 3.8) is 0 Å². The van der Waals surface area contributed by atoms with E-state index in [-0.39, 0.29) is 11.3 Å². The van der Waals surface area contributed by atoms with Crippen LogP contribution in [0.25, 0.3) is 0 Å². The summed E-state index contributed by atoms with van der Waals surface area (Å²) in [5, 5.41) is 0. The number of nitrogens with zero attached hydrogens (tertiary/aromatic N) is 1. The van der Waals surface area contributed by atoms with E-state index in [1.165, 1.54) is 16.0 Å². The van der Waals surface area contributed by atoms with Gasteiger partial charge in [0.25, 0.3) is 5.91 Å². The third kappa shape index (κ3) is 2.90. The lowest BCUT2D eigenvalue weighted by Gasteiger charge is -2.30. The number of carbonyl (C=O) groups excluding carboxylic acids is 1. The fraction of sp³-hybridized carbons (Fsp3) is 0.476. The van der Waals surface area contributed by atoms with E-state index in [1.54, 1.807) is 11.3 Å². The molecule has 0 fully saturated rings. The van der Waals surface area contributed by atoms with Gasteiger partial charge in [0.2, 0.25) is 0 Å². The average molecular weight is 342 g/mol. The van der Waals surface area contributed by atoms with Crippen LogP contribution in [0.4, 0.5) is 5.69 Å². The summed E-state index contributed by atoms with van der Waals surface area (Å²) in [6, 6.07) is 10.6. The minimum absolute atomic E-state index is 0.118. The van der Waals surface area contributed by atoms with E-state index in [2.05, 4.69) is 45.9 Å². The molecule has 2 aromatic rings. The molecular weight excluding hydrogens is 314 g/mol. The fourth-order valence-corrected chi connectivity index (χ4v) is 4.97. The molecular formula is C21H27NOS. The molecule has 0 unspecified atom stereocenters. The molecule has 3 heteroatoms. The fourth-order valence-electron chi connectivity index (χ4n) is 4.16. The minimum Gasteiger partial charge on any atom is -0.306 e. The highest BCUT2D eigenvalue weighted by Gasteiger charge is 2.43. The van der Waals surface area contributed by atoms with Gasteiger partial charge in [0, 0.05) is 22.5 Å². The zero-order chi connectivity index (χ0) is 17.3. The van der Waals surface area contributed by atoms with Crippen molar-refractivity contribution in [2.45, 2.75) is 58.8 Å². The molecule has 1 aromatic carbocycles. The number of fused-ring (bicyclic) bond motifs is 1. The van der Waals surface area contributed by atoms with Gasteiger partial charge in [-0.2, -0.15) is 0 Å². The molecule has 24 heavy (non-hydrogen) atoms. The van der Waals surface area contributed by atoms with Crippen LogP contribution in [0.2, 0.25) is 0 Å². The second kappa shape index (κ2) is 6.72. The van der Waals surface area contributed by atoms with Crippen molar-refractivity contribution in [1.82, 2.24) is 0 Å². The summed E-state index contributed by atoms with van der Waals surface area (Å²) in [5.74, 6) is 0.160. The maximum Gasteiger partial charge on any atom is 0.268 e. The molecule has 128 valence electrons. The van der Waals surface area contributed by atoms with E-state index in [1.807, 2.05) is 17.0 Å². The molecule has 0 atom stereocenters. The molecule has 1 aliphatic rings. The Hall–Kier alpha value is -1.61. The molecule has 2 heterocycles. The SMILES string of the molecule is CCCC1(CCC)CN(C(=O)c2ccc(C)s2)c2ccc(C)cc21. The minimum atomic E-state index is 0.118. The lowest BCUT2D eigenvalue weighted by Crippen LogP contribution is -2.36. The Bertz CT molecular complexity index is 740. The Labute approximate surface area is 149 Å². The highest BCUT2D eigenvalue weighted by Crippen LogP contribution is 2.47. The van der Waals surface area contributed by atoms with Gasteiger partial charge in [-0.3, -0.25) is 4.79 Å². The number of benzene rings is 1. The van der Waals surface area contributed by atoms with E-state index in [0.717, 1.165) is 42.8 Å². The summed E-state index contributed by atoms with van der Waals surface area (Å²) in [5.41, 5.74) is 3.91. The highest BCUT2D eigenvalue weighted by atomic mass is 32.1. The molecule has 0 bridgehead atoms. The largest absolute Gasteiger partial charge is 0.306 e. The van der Waals surface area contributed by atoms with E-state index >= 15 is 0 Å². The first-order chi connectivity index (χ1) is 11.5. The van der Waals surface area contributed by atoms with Crippen molar-refractivity contribution < 1.29 is 4.79 Å². The summed E-state index contributed by atoms with van der Waals surface area (Å²) in [7, 11) is 0. The van der Waals surface area contributed by atoms with Crippen molar-refractivity contribution in [2.24, 2.45) is 0 Å². The monoisotopic (exact) mass is 341 g/mol. The molecule has 0 spiro atoms. The molecule has 0 N–H and O–H groups in total. The first-order valence-electron chi connectivity index (χ1n) is 9.00. The molecule has 0 radical (unpaired) electrons. The van der Waals surface area contributed by atoms with Crippen LogP contribution in [0.3, 0.4) is 0 Å². The first kappa shape index (κ1) is 17.2. The van der Waals surface area contributed by atoms with Crippen LogP contribution < -0.4 is 4.90 Å². The van der Waals surface area contributed by atoms with Gasteiger partial charge in [0.1, 0.15) is 0 Å². The van der Waals surface area contributed by atoms with Crippen LogP contribution in [-0.4, -0.2) is 12.5 Å². The normalized spacial score (nSPS) is 15.6. The topological polar surface area (TPSA) is 20.3 Å². The second-order valence-corrected chi connectivity index (χ2v) is 8.39. The van der Waals surface area contributed by atoms with Gasteiger partial charge < -0.3 is 4.90 Å². The van der Waals surface area contributed by atoms with Gasteiger partial charge in [0.15, 0.2) is 0 Å². The zero-order valence-corrected chi connectivity index (χ0v) is 16.0. The number of amides is 1. The van der Waals surface area contributed by atoms with Crippen LogP contribution in [0, 0.1) is 13.8 Å². The predicted molar refractivity (Wildman–Crippen MR) is 103 cm³/mol. The molecule has 1 aromatic heterocycles. The number of hydrogen-bond donors (Lipinski definition) is 0. The Morgan fingerprint density at radius 3 is 2.42 bits per heavy atom. The zero-order valence-electron chi connectivity index (χ0n) is 15.2. The molecule has 3 rings (SSSR count). The number of anilines is 1. The van der Waals surface area contributed by atoms with Gasteiger partial charge in [-0.15, -0.1) is 11.3 Å². The number of hydrogen-bond acceptors (Lipinski definition) is 2. The van der Waals surface area contributed by atoms with Crippen LogP contribution >= 0.6 is 11.3 Å². The molecule has 1 aliphatic heterocycles. The van der Waals surface area contributed by atoms with Crippen LogP contribution in [0.1, 0.15) is 65.2 Å². The summed E-state index contributed by atoms with van der Waals surface area (Å²) in [4.78, 5) is 17.2. The lowest BCUT2D eigenvalue weighted by atomic mass is 9.74. The number of rotatable bonds is 5. The molecule has 2 nitrogen and oxygen atoms in total. The molecule has 0 saturated carbocycles. The van der Waals surface area contributed by atoms with E-state index in [4.69, 9.17) is 0 Å². The predicted octanol–water partition coefficient (Wildman–Crippen LogP) is 5.86. The molecule has 1 amide bonds. The van der Waals surface area contributed by atoms with Crippen molar-refractivity contribution in [2.75, 3.05) is 11.4 Å². The number of thiophene rings is 1. The van der Waals surface area contributed by atoms with Gasteiger partial charge in [-0.1, -0.05) is 44.4 Å². The Balaban J connectivity index is 2.06. The van der Waals surface area contributed by atoms with Crippen molar-refractivity contribution in [3.05, 3.63) is 51.2 Å². The number of aryl methyl sites for hydroxylation is 2. The summed E-state index contributed by atoms with van der Waals surface area (Å²) < 4.78 is 0. The van der Waals surface area contributed by atoms with E-state index < -0.39 is 0 Å². The summed E-state index contributed by atoms with van der Waals surface area (Å²) in [6.45, 7) is 9.53. The number of carbonyl (C=O) groups is 1. The Morgan fingerprint density at radius 1 is 1.12 bits per heavy atom. The van der Waals surface area contributed by atoms with Gasteiger partial charge in [0.05, 0.1) is 4.88 Å². The van der Waals surface area contributed by atoms with Gasteiger partial charge in [-0.25, -0.2) is 0 Å². The summed E-state index contributed by atoms with van der Waals surface area (Å²) >= 11 is 1.60. The smallest absolute Gasteiger partial charge is 0.268 e. The molecule has 0 aliphatic carbocycles. The Kier molecular flexibility index (Phi) is 4.82. The van der Waals surface area contributed by atoms with Crippen LogP contribution in [0.5, 0.6) is 0 Å². The molecule has 0 saturated heterocycles. The maximum atomic E-state index is 13.1. The average Bonchev–Trinajstić information content (AvgIpc) is 3.10. The van der Waals surface area contributed by atoms with Crippen LogP contribution in [-0.2, 0) is 5.41 Å². The van der Waals surface area contributed by atoms with Crippen molar-refractivity contribution in [3.8, 4) is 0 Å². The Morgan fingerprint density at radius 2 is 1.83 bits per heavy atom. The van der Waals surface area contributed by atoms with Gasteiger partial charge in [-0.05, 0) is 50.5 Å². The van der Waals surface area contributed by atoms with Crippen LogP contribution in [0.15, 0.2) is 30.3 Å². The van der Waals surface area contributed by atoms with E-state index in [0.29, 0.717) is 0 Å². The van der Waals surface area contributed by atoms with Crippen molar-refractivity contribution in [1.29, 1.82) is 0 Å². The third-order valence-electron chi connectivity index (χ3n) is 5.13. The standard InChI is InChI=1S/C21H27NOS/c1-5-11-21(12-6-2)14-22(18-9-7-15(3)13-17(18)21)20(23)19-10-8-16(4)24-19/h7-10,13H,5-6,11-12,14H2,1-4H3. The maximum absolute atomic E-state index is 13.1. The quantitative estimate of drug-likeness (QED) is 0.666. The third-order valence-corrected chi connectivity index (χ3v) is 6.12. The second-order valence-electron chi connectivity index (χ2n) is 7.10. The highest BCUT2D eigenvalue weighted by molar-refractivity contribution is 7.14. The van der Waals surface area contributed by atoms with E-state index in [9.17, 15) is 4.79 Å². The van der Waals surface area contributed by atoms with Crippen molar-refractivity contribution >= 4 is 22.9 Å².